The lowest BCUT2D eigenvalue weighted by molar-refractivity contribution is -0.118. The van der Waals surface area contributed by atoms with Gasteiger partial charge in [-0.1, -0.05) is 60.7 Å². The van der Waals surface area contributed by atoms with Gasteiger partial charge in [-0.2, -0.15) is 0 Å². The molecule has 0 aliphatic heterocycles. The van der Waals surface area contributed by atoms with Gasteiger partial charge in [-0.3, -0.25) is 4.79 Å². The normalized spacial score (nSPS) is 10.2. The van der Waals surface area contributed by atoms with Crippen LogP contribution >= 0.6 is 0 Å². The molecule has 3 aromatic rings. The van der Waals surface area contributed by atoms with E-state index in [1.165, 1.54) is 0 Å². The fourth-order valence-electron chi connectivity index (χ4n) is 2.76. The van der Waals surface area contributed by atoms with Gasteiger partial charge in [0.15, 0.2) is 6.61 Å². The Morgan fingerprint density at radius 1 is 0.857 bits per heavy atom. The number of hydrogen-bond acceptors (Lipinski definition) is 4. The maximum absolute atomic E-state index is 12.4. The summed E-state index contributed by atoms with van der Waals surface area (Å²) in [4.78, 5) is 24.4. The van der Waals surface area contributed by atoms with Crippen molar-refractivity contribution in [2.75, 3.05) is 18.5 Å². The van der Waals surface area contributed by atoms with E-state index in [9.17, 15) is 9.59 Å². The Kier molecular flexibility index (Phi) is 6.41. The van der Waals surface area contributed by atoms with Crippen LogP contribution in [0.4, 0.5) is 5.69 Å². The lowest BCUT2D eigenvalue weighted by atomic mass is 10.0. The Hall–Kier alpha value is -3.60. The van der Waals surface area contributed by atoms with Crippen LogP contribution in [0.3, 0.4) is 0 Å². The number of benzene rings is 3. The highest BCUT2D eigenvalue weighted by atomic mass is 16.5. The van der Waals surface area contributed by atoms with E-state index in [2.05, 4.69) is 5.32 Å². The van der Waals surface area contributed by atoms with Gasteiger partial charge in [-0.15, -0.1) is 0 Å². The molecule has 142 valence electrons. The fourth-order valence-corrected chi connectivity index (χ4v) is 2.76. The largest absolute Gasteiger partial charge is 0.483 e. The van der Waals surface area contributed by atoms with Gasteiger partial charge in [-0.25, -0.2) is 4.79 Å². The molecule has 1 amide bonds. The van der Waals surface area contributed by atoms with E-state index >= 15 is 0 Å². The molecule has 0 saturated heterocycles. The summed E-state index contributed by atoms with van der Waals surface area (Å²) in [7, 11) is 0. The van der Waals surface area contributed by atoms with Crippen molar-refractivity contribution >= 4 is 17.6 Å². The highest BCUT2D eigenvalue weighted by Crippen LogP contribution is 2.27. The first-order valence-corrected chi connectivity index (χ1v) is 9.02. The smallest absolute Gasteiger partial charge is 0.341 e. The topological polar surface area (TPSA) is 64.6 Å². The van der Waals surface area contributed by atoms with Crippen LogP contribution < -0.4 is 10.1 Å². The van der Waals surface area contributed by atoms with Crippen LogP contribution in [0.15, 0.2) is 78.9 Å². The van der Waals surface area contributed by atoms with Gasteiger partial charge in [0, 0.05) is 11.3 Å². The molecular formula is C23H21NO4. The van der Waals surface area contributed by atoms with Gasteiger partial charge in [0.25, 0.3) is 5.91 Å². The maximum atomic E-state index is 12.4. The summed E-state index contributed by atoms with van der Waals surface area (Å²) in [5.74, 6) is -0.484. The molecule has 0 spiro atoms. The van der Waals surface area contributed by atoms with Crippen molar-refractivity contribution < 1.29 is 19.1 Å². The van der Waals surface area contributed by atoms with Gasteiger partial charge < -0.3 is 14.8 Å². The Balaban J connectivity index is 1.69. The van der Waals surface area contributed by atoms with Gasteiger partial charge in [0.1, 0.15) is 11.3 Å². The van der Waals surface area contributed by atoms with Gasteiger partial charge in [-0.05, 0) is 30.7 Å². The number of carbonyl (C=O) groups excluding carboxylic acids is 2. The van der Waals surface area contributed by atoms with E-state index in [1.54, 1.807) is 31.2 Å². The second-order valence-electron chi connectivity index (χ2n) is 5.97. The lowest BCUT2D eigenvalue weighted by Gasteiger charge is -2.13. The molecule has 0 aliphatic carbocycles. The zero-order chi connectivity index (χ0) is 19.8. The van der Waals surface area contributed by atoms with Gasteiger partial charge >= 0.3 is 5.97 Å². The Labute approximate surface area is 163 Å². The molecule has 0 atom stereocenters. The first-order valence-electron chi connectivity index (χ1n) is 9.02. The molecule has 0 bridgehead atoms. The molecular weight excluding hydrogens is 354 g/mol. The monoisotopic (exact) mass is 375 g/mol. The highest BCUT2D eigenvalue weighted by molar-refractivity contribution is 5.97. The molecule has 0 saturated carbocycles. The minimum Gasteiger partial charge on any atom is -0.483 e. The molecule has 0 fully saturated rings. The molecule has 0 unspecified atom stereocenters. The third kappa shape index (κ3) is 4.76. The molecule has 3 aromatic carbocycles. The lowest BCUT2D eigenvalue weighted by Crippen LogP contribution is -2.21. The van der Waals surface area contributed by atoms with E-state index in [-0.39, 0.29) is 19.1 Å². The molecule has 5 heteroatoms. The van der Waals surface area contributed by atoms with Gasteiger partial charge in [0.05, 0.1) is 6.61 Å². The summed E-state index contributed by atoms with van der Waals surface area (Å²) in [5.41, 5.74) is 2.91. The maximum Gasteiger partial charge on any atom is 0.341 e. The molecule has 0 aromatic heterocycles. The number of ether oxygens (including phenoxy) is 2. The van der Waals surface area contributed by atoms with E-state index in [1.807, 2.05) is 54.6 Å². The molecule has 0 heterocycles. The number of rotatable bonds is 7. The number of carbonyl (C=O) groups is 2. The summed E-state index contributed by atoms with van der Waals surface area (Å²) in [5, 5.41) is 2.87. The Morgan fingerprint density at radius 2 is 1.54 bits per heavy atom. The second kappa shape index (κ2) is 9.37. The van der Waals surface area contributed by atoms with Crippen molar-refractivity contribution in [3.05, 3.63) is 84.4 Å². The standard InChI is InChI=1S/C23H21NO4/c1-2-27-23(26)19-13-7-9-15-21(19)28-16-22(25)24-20-14-8-6-12-18(20)17-10-4-3-5-11-17/h3-15H,2,16H2,1H3,(H,24,25). The molecule has 0 aliphatic rings. The van der Waals surface area contributed by atoms with Crippen molar-refractivity contribution in [1.29, 1.82) is 0 Å². The number of esters is 1. The first-order chi connectivity index (χ1) is 13.7. The molecule has 28 heavy (non-hydrogen) atoms. The van der Waals surface area contributed by atoms with Crippen molar-refractivity contribution in [1.82, 2.24) is 0 Å². The predicted molar refractivity (Wildman–Crippen MR) is 108 cm³/mol. The van der Waals surface area contributed by atoms with E-state index < -0.39 is 5.97 Å². The third-order valence-electron chi connectivity index (χ3n) is 4.03. The van der Waals surface area contributed by atoms with Crippen LogP contribution in [0.2, 0.25) is 0 Å². The Morgan fingerprint density at radius 3 is 2.32 bits per heavy atom. The summed E-state index contributed by atoms with van der Waals surface area (Å²) < 4.78 is 10.6. The zero-order valence-electron chi connectivity index (χ0n) is 15.6. The molecule has 5 nitrogen and oxygen atoms in total. The second-order valence-corrected chi connectivity index (χ2v) is 5.97. The number of amides is 1. The minimum atomic E-state index is -0.479. The predicted octanol–water partition coefficient (Wildman–Crippen LogP) is 4.55. The molecule has 1 N–H and O–H groups in total. The Bertz CT molecular complexity index is 954. The van der Waals surface area contributed by atoms with Crippen molar-refractivity contribution in [2.45, 2.75) is 6.92 Å². The summed E-state index contributed by atoms with van der Waals surface area (Å²) in [6, 6.07) is 24.1. The van der Waals surface area contributed by atoms with Crippen LogP contribution in [0.5, 0.6) is 5.75 Å². The summed E-state index contributed by atoms with van der Waals surface area (Å²) in [6.45, 7) is 1.78. The minimum absolute atomic E-state index is 0.223. The van der Waals surface area contributed by atoms with Crippen molar-refractivity contribution in [3.63, 3.8) is 0 Å². The average molecular weight is 375 g/mol. The highest BCUT2D eigenvalue weighted by Gasteiger charge is 2.15. The van der Waals surface area contributed by atoms with Gasteiger partial charge in [0.2, 0.25) is 0 Å². The zero-order valence-corrected chi connectivity index (χ0v) is 15.6. The van der Waals surface area contributed by atoms with E-state index in [4.69, 9.17) is 9.47 Å². The van der Waals surface area contributed by atoms with Crippen molar-refractivity contribution in [2.24, 2.45) is 0 Å². The van der Waals surface area contributed by atoms with Crippen LogP contribution in [-0.4, -0.2) is 25.1 Å². The average Bonchev–Trinajstić information content (AvgIpc) is 2.74. The van der Waals surface area contributed by atoms with Crippen LogP contribution in [-0.2, 0) is 9.53 Å². The van der Waals surface area contributed by atoms with Crippen LogP contribution in [0.25, 0.3) is 11.1 Å². The number of para-hydroxylation sites is 2. The number of hydrogen-bond donors (Lipinski definition) is 1. The van der Waals surface area contributed by atoms with Crippen LogP contribution in [0, 0.1) is 0 Å². The fraction of sp³-hybridized carbons (Fsp3) is 0.130. The SMILES string of the molecule is CCOC(=O)c1ccccc1OCC(=O)Nc1ccccc1-c1ccccc1. The summed E-state index contributed by atoms with van der Waals surface area (Å²) >= 11 is 0. The van der Waals surface area contributed by atoms with Crippen molar-refractivity contribution in [3.8, 4) is 16.9 Å². The number of anilines is 1. The number of nitrogens with one attached hydrogen (secondary N) is 1. The molecule has 0 radical (unpaired) electrons. The molecule has 3 rings (SSSR count). The summed E-state index contributed by atoms with van der Waals surface area (Å²) in [6.07, 6.45) is 0. The first kappa shape index (κ1) is 19.2. The van der Waals surface area contributed by atoms with Crippen LogP contribution in [0.1, 0.15) is 17.3 Å². The quantitative estimate of drug-likeness (QED) is 0.616. The van der Waals surface area contributed by atoms with E-state index in [0.717, 1.165) is 11.1 Å². The third-order valence-corrected chi connectivity index (χ3v) is 4.03. The van der Waals surface area contributed by atoms with E-state index in [0.29, 0.717) is 17.0 Å².